The molecule has 1 aromatic carbocycles. The quantitative estimate of drug-likeness (QED) is 0.641. The Kier molecular flexibility index (Phi) is 4.55. The van der Waals surface area contributed by atoms with E-state index in [1.165, 1.54) is 30.3 Å². The zero-order chi connectivity index (χ0) is 16.9. The lowest BCUT2D eigenvalue weighted by molar-refractivity contribution is 0.0396. The first-order valence-corrected chi connectivity index (χ1v) is 7.03. The molecular formula is C16H13FN2O5. The Morgan fingerprint density at radius 1 is 1.08 bits per heavy atom. The number of rotatable bonds is 6. The summed E-state index contributed by atoms with van der Waals surface area (Å²) in [4.78, 5) is 11.9. The van der Waals surface area contributed by atoms with Crippen LogP contribution in [0.4, 0.5) is 4.39 Å². The molecule has 0 aliphatic carbocycles. The molecule has 7 nitrogen and oxygen atoms in total. The summed E-state index contributed by atoms with van der Waals surface area (Å²) in [5.74, 6) is 0.541. The summed E-state index contributed by atoms with van der Waals surface area (Å²) in [6, 6.07) is 8.65. The number of carbonyl (C=O) groups is 1. The van der Waals surface area contributed by atoms with Crippen LogP contribution < -0.4 is 4.74 Å². The number of hydrogen-bond donors (Lipinski definition) is 0. The lowest BCUT2D eigenvalue weighted by Gasteiger charge is -2.03. The van der Waals surface area contributed by atoms with E-state index in [1.54, 1.807) is 13.0 Å². The maximum absolute atomic E-state index is 12.8. The highest BCUT2D eigenvalue weighted by Gasteiger charge is 2.15. The SMILES string of the molecule is Cc1nnc(COC(=O)c2ccc(COc3ccc(F)cc3)o2)o1. The maximum atomic E-state index is 12.8. The van der Waals surface area contributed by atoms with E-state index in [0.717, 1.165) is 0 Å². The molecule has 124 valence electrons. The van der Waals surface area contributed by atoms with E-state index < -0.39 is 5.97 Å². The van der Waals surface area contributed by atoms with Crippen molar-refractivity contribution in [2.45, 2.75) is 20.1 Å². The standard InChI is InChI=1S/C16H13FN2O5/c1-10-18-19-15(23-10)9-22-16(20)14-7-6-13(24-14)8-21-12-4-2-11(17)3-5-12/h2-7H,8-9H2,1H3. The summed E-state index contributed by atoms with van der Waals surface area (Å²) in [6.45, 7) is 1.60. The number of ether oxygens (including phenoxy) is 2. The van der Waals surface area contributed by atoms with Crippen LogP contribution in [-0.2, 0) is 18.0 Å². The van der Waals surface area contributed by atoms with Crippen molar-refractivity contribution in [3.63, 3.8) is 0 Å². The first kappa shape index (κ1) is 15.7. The summed E-state index contributed by atoms with van der Waals surface area (Å²) in [7, 11) is 0. The Balaban J connectivity index is 1.52. The number of nitrogens with zero attached hydrogens (tertiary/aromatic N) is 2. The fourth-order valence-electron chi connectivity index (χ4n) is 1.84. The molecule has 2 heterocycles. The van der Waals surface area contributed by atoms with Crippen molar-refractivity contribution >= 4 is 5.97 Å². The van der Waals surface area contributed by atoms with Crippen molar-refractivity contribution in [3.8, 4) is 5.75 Å². The number of benzene rings is 1. The Hall–Kier alpha value is -3.16. The second kappa shape index (κ2) is 6.95. The van der Waals surface area contributed by atoms with Crippen molar-refractivity contribution in [2.24, 2.45) is 0 Å². The number of aryl methyl sites for hydroxylation is 1. The van der Waals surface area contributed by atoms with Gasteiger partial charge in [-0.25, -0.2) is 9.18 Å². The largest absolute Gasteiger partial charge is 0.486 e. The van der Waals surface area contributed by atoms with Crippen molar-refractivity contribution in [3.05, 3.63) is 65.5 Å². The van der Waals surface area contributed by atoms with Crippen LogP contribution in [0, 0.1) is 12.7 Å². The molecule has 3 aromatic rings. The van der Waals surface area contributed by atoms with E-state index in [0.29, 0.717) is 17.4 Å². The lowest BCUT2D eigenvalue weighted by Crippen LogP contribution is -2.04. The average Bonchev–Trinajstić information content (AvgIpc) is 3.21. The van der Waals surface area contributed by atoms with Crippen LogP contribution in [0.5, 0.6) is 5.75 Å². The highest BCUT2D eigenvalue weighted by Crippen LogP contribution is 2.16. The van der Waals surface area contributed by atoms with Gasteiger partial charge >= 0.3 is 5.97 Å². The number of carbonyl (C=O) groups excluding carboxylic acids is 1. The van der Waals surface area contributed by atoms with Gasteiger partial charge in [0.1, 0.15) is 23.9 Å². The van der Waals surface area contributed by atoms with Gasteiger partial charge in [0.25, 0.3) is 5.89 Å². The summed E-state index contributed by atoms with van der Waals surface area (Å²) < 4.78 is 33.7. The molecule has 0 radical (unpaired) electrons. The minimum Gasteiger partial charge on any atom is -0.486 e. The summed E-state index contributed by atoms with van der Waals surface area (Å²) in [6.07, 6.45) is 0. The molecule has 2 aromatic heterocycles. The fraction of sp³-hybridized carbons (Fsp3) is 0.188. The van der Waals surface area contributed by atoms with Crippen molar-refractivity contribution in [1.29, 1.82) is 0 Å². The molecule has 0 spiro atoms. The molecule has 0 saturated heterocycles. The van der Waals surface area contributed by atoms with Gasteiger partial charge in [-0.3, -0.25) is 0 Å². The Morgan fingerprint density at radius 3 is 2.58 bits per heavy atom. The van der Waals surface area contributed by atoms with Gasteiger partial charge in [0.2, 0.25) is 11.7 Å². The molecule has 0 aliphatic heterocycles. The monoisotopic (exact) mass is 332 g/mol. The Morgan fingerprint density at radius 2 is 1.88 bits per heavy atom. The zero-order valence-corrected chi connectivity index (χ0v) is 12.7. The molecule has 0 N–H and O–H groups in total. The molecule has 0 unspecified atom stereocenters. The van der Waals surface area contributed by atoms with Gasteiger partial charge in [-0.05, 0) is 36.4 Å². The third-order valence-corrected chi connectivity index (χ3v) is 2.95. The predicted octanol–water partition coefficient (Wildman–Crippen LogP) is 3.05. The minimum absolute atomic E-state index is 0.0314. The summed E-state index contributed by atoms with van der Waals surface area (Å²) in [5, 5.41) is 7.34. The molecule has 0 atom stereocenters. The van der Waals surface area contributed by atoms with Gasteiger partial charge in [-0.15, -0.1) is 10.2 Å². The van der Waals surface area contributed by atoms with Gasteiger partial charge in [-0.1, -0.05) is 0 Å². The predicted molar refractivity (Wildman–Crippen MR) is 77.6 cm³/mol. The molecule has 0 bridgehead atoms. The van der Waals surface area contributed by atoms with Crippen molar-refractivity contribution < 1.29 is 27.5 Å². The Bertz CT molecular complexity index is 825. The second-order valence-electron chi connectivity index (χ2n) is 4.80. The first-order chi connectivity index (χ1) is 11.6. The van der Waals surface area contributed by atoms with E-state index in [2.05, 4.69) is 10.2 Å². The number of esters is 1. The fourth-order valence-corrected chi connectivity index (χ4v) is 1.84. The zero-order valence-electron chi connectivity index (χ0n) is 12.7. The highest BCUT2D eigenvalue weighted by molar-refractivity contribution is 5.86. The van der Waals surface area contributed by atoms with Crippen LogP contribution >= 0.6 is 0 Å². The van der Waals surface area contributed by atoms with Gasteiger partial charge in [0.05, 0.1) is 0 Å². The normalized spacial score (nSPS) is 10.6. The molecular weight excluding hydrogens is 319 g/mol. The van der Waals surface area contributed by atoms with E-state index in [9.17, 15) is 9.18 Å². The summed E-state index contributed by atoms with van der Waals surface area (Å²) in [5.41, 5.74) is 0. The smallest absolute Gasteiger partial charge is 0.374 e. The molecule has 0 amide bonds. The minimum atomic E-state index is -0.654. The third kappa shape index (κ3) is 3.97. The van der Waals surface area contributed by atoms with Crippen LogP contribution in [0.1, 0.15) is 28.1 Å². The van der Waals surface area contributed by atoms with Gasteiger partial charge in [0.15, 0.2) is 6.61 Å². The Labute approximate surface area is 136 Å². The van der Waals surface area contributed by atoms with Crippen LogP contribution in [0.25, 0.3) is 0 Å². The number of halogens is 1. The molecule has 24 heavy (non-hydrogen) atoms. The maximum Gasteiger partial charge on any atom is 0.374 e. The first-order valence-electron chi connectivity index (χ1n) is 7.03. The molecule has 8 heteroatoms. The van der Waals surface area contributed by atoms with E-state index in [-0.39, 0.29) is 30.7 Å². The van der Waals surface area contributed by atoms with Crippen molar-refractivity contribution in [1.82, 2.24) is 10.2 Å². The second-order valence-corrected chi connectivity index (χ2v) is 4.80. The van der Waals surface area contributed by atoms with E-state index in [4.69, 9.17) is 18.3 Å². The van der Waals surface area contributed by atoms with Crippen LogP contribution in [0.2, 0.25) is 0 Å². The van der Waals surface area contributed by atoms with Gasteiger partial charge in [0, 0.05) is 6.92 Å². The van der Waals surface area contributed by atoms with Gasteiger partial charge in [-0.2, -0.15) is 0 Å². The van der Waals surface area contributed by atoms with E-state index in [1.807, 2.05) is 0 Å². The average molecular weight is 332 g/mol. The molecule has 0 saturated carbocycles. The third-order valence-electron chi connectivity index (χ3n) is 2.95. The topological polar surface area (TPSA) is 87.6 Å². The number of hydrogen-bond acceptors (Lipinski definition) is 7. The van der Waals surface area contributed by atoms with Crippen LogP contribution in [-0.4, -0.2) is 16.2 Å². The molecule has 0 aliphatic rings. The van der Waals surface area contributed by atoms with Gasteiger partial charge < -0.3 is 18.3 Å². The highest BCUT2D eigenvalue weighted by atomic mass is 19.1. The molecule has 0 fully saturated rings. The van der Waals surface area contributed by atoms with E-state index >= 15 is 0 Å². The van der Waals surface area contributed by atoms with Crippen LogP contribution in [0.3, 0.4) is 0 Å². The summed E-state index contributed by atoms with van der Waals surface area (Å²) >= 11 is 0. The lowest BCUT2D eigenvalue weighted by atomic mass is 10.3. The number of aromatic nitrogens is 2. The number of furan rings is 1. The van der Waals surface area contributed by atoms with Crippen LogP contribution in [0.15, 0.2) is 45.2 Å². The van der Waals surface area contributed by atoms with Crippen molar-refractivity contribution in [2.75, 3.05) is 0 Å². The molecule has 3 rings (SSSR count).